The van der Waals surface area contributed by atoms with Gasteiger partial charge < -0.3 is 34.5 Å². The van der Waals surface area contributed by atoms with Gasteiger partial charge in [0, 0.05) is 6.20 Å². The highest BCUT2D eigenvalue weighted by Gasteiger charge is 2.46. The quantitative estimate of drug-likeness (QED) is 0.165. The fraction of sp³-hybridized carbons (Fsp3) is 0.556. The van der Waals surface area contributed by atoms with Crippen LogP contribution in [0, 0.1) is 4.64 Å². The Labute approximate surface area is 165 Å². The lowest BCUT2D eigenvalue weighted by molar-refractivity contribution is -0.0542. The van der Waals surface area contributed by atoms with Crippen LogP contribution in [0.5, 0.6) is 0 Å². The molecule has 0 aromatic carbocycles. The Morgan fingerprint density at radius 2 is 1.72 bits per heavy atom. The molecule has 0 bridgehead atoms. The molecule has 0 spiro atoms. The van der Waals surface area contributed by atoms with Gasteiger partial charge in [0.15, 0.2) is 6.23 Å². The van der Waals surface area contributed by atoms with Crippen molar-refractivity contribution in [3.63, 3.8) is 0 Å². The second kappa shape index (κ2) is 8.86. The molecule has 6 atom stereocenters. The molecule has 2 rings (SSSR count). The van der Waals surface area contributed by atoms with Crippen molar-refractivity contribution in [1.82, 2.24) is 9.55 Å². The topological polar surface area (TPSA) is 247 Å². The van der Waals surface area contributed by atoms with E-state index in [1.54, 1.807) is 0 Å². The monoisotopic (exact) mass is 500 g/mol. The van der Waals surface area contributed by atoms with E-state index in [1.807, 2.05) is 0 Å². The number of H-pyrrole nitrogens is 1. The van der Waals surface area contributed by atoms with Crippen LogP contribution in [-0.4, -0.2) is 64.3 Å². The van der Waals surface area contributed by atoms with Crippen molar-refractivity contribution in [3.05, 3.63) is 27.4 Å². The zero-order valence-electron chi connectivity index (χ0n) is 13.8. The number of aliphatic hydroxyl groups is 2. The summed E-state index contributed by atoms with van der Waals surface area (Å²) in [6, 6.07) is 1.29. The van der Waals surface area contributed by atoms with Gasteiger partial charge in [-0.3, -0.25) is 14.1 Å². The van der Waals surface area contributed by atoms with Crippen LogP contribution in [0.15, 0.2) is 17.1 Å². The van der Waals surface area contributed by atoms with E-state index < -0.39 is 60.3 Å². The van der Waals surface area contributed by atoms with Gasteiger partial charge in [0.05, 0.1) is 6.61 Å². The van der Waals surface area contributed by atoms with Crippen LogP contribution < -0.4 is 5.69 Å². The molecule has 7 N–H and O–H groups in total. The summed E-state index contributed by atoms with van der Waals surface area (Å²) in [5, 5.41) is 20.0. The van der Waals surface area contributed by atoms with Crippen LogP contribution >= 0.6 is 35.7 Å². The molecular formula is C9H15N2O14P3S. The van der Waals surface area contributed by atoms with Crippen molar-refractivity contribution in [2.75, 3.05) is 6.61 Å². The number of phosphoric ester groups is 1. The maximum atomic E-state index is 11.9. The number of rotatable bonds is 8. The molecule has 0 amide bonds. The second-order valence-corrected chi connectivity index (χ2v) is 10.3. The standard InChI is InChI=1S/C9H15N2O14P3S/c12-6-4(3-22-27(18,19)25-28(20,21)24-26(15,16)17)23-8(7(6)13)11-2-1-5(29)10-9(11)14/h1-2,4,6-8,12-13H,3H2,(H,18,19)(H,20,21)(H,10,14,29)(H2,15,16,17)/t4-,6+,7+,8-/m1/s1. The van der Waals surface area contributed by atoms with Gasteiger partial charge in [-0.25, -0.2) is 18.5 Å². The van der Waals surface area contributed by atoms with E-state index in [1.165, 1.54) is 6.07 Å². The third kappa shape index (κ3) is 6.95. The highest BCUT2D eigenvalue weighted by Crippen LogP contribution is 2.66. The van der Waals surface area contributed by atoms with E-state index in [9.17, 15) is 33.6 Å². The van der Waals surface area contributed by atoms with Crippen molar-refractivity contribution < 1.29 is 61.4 Å². The average Bonchev–Trinajstić information content (AvgIpc) is 2.78. The fourth-order valence-corrected chi connectivity index (χ4v) is 5.37. The maximum Gasteiger partial charge on any atom is 0.490 e. The highest BCUT2D eigenvalue weighted by atomic mass is 32.1. The lowest BCUT2D eigenvalue weighted by Gasteiger charge is -2.19. The zero-order chi connectivity index (χ0) is 22.2. The molecule has 0 aliphatic carbocycles. The number of aromatic nitrogens is 2. The van der Waals surface area contributed by atoms with Gasteiger partial charge in [-0.15, -0.1) is 0 Å². The minimum absolute atomic E-state index is 0.0866. The molecule has 20 heteroatoms. The largest absolute Gasteiger partial charge is 0.490 e. The van der Waals surface area contributed by atoms with E-state index in [4.69, 9.17) is 31.6 Å². The molecule has 1 aromatic rings. The molecule has 166 valence electrons. The first kappa shape index (κ1) is 24.7. The second-order valence-electron chi connectivity index (χ2n) is 5.45. The Morgan fingerprint density at radius 1 is 1.10 bits per heavy atom. The molecule has 1 aliphatic rings. The summed E-state index contributed by atoms with van der Waals surface area (Å²) in [6.45, 7) is -1.00. The van der Waals surface area contributed by atoms with Crippen molar-refractivity contribution in [2.45, 2.75) is 24.5 Å². The number of nitrogens with one attached hydrogen (secondary N) is 1. The van der Waals surface area contributed by atoms with E-state index >= 15 is 0 Å². The minimum atomic E-state index is -5.71. The number of aromatic amines is 1. The maximum absolute atomic E-state index is 11.9. The molecule has 2 unspecified atom stereocenters. The lowest BCUT2D eigenvalue weighted by atomic mass is 10.1. The normalized spacial score (nSPS) is 29.3. The van der Waals surface area contributed by atoms with Gasteiger partial charge in [0.2, 0.25) is 0 Å². The number of nitrogens with zero attached hydrogens (tertiary/aromatic N) is 1. The number of aliphatic hydroxyl groups excluding tert-OH is 2. The van der Waals surface area contributed by atoms with Gasteiger partial charge in [-0.05, 0) is 6.07 Å². The number of hydrogen-bond donors (Lipinski definition) is 7. The van der Waals surface area contributed by atoms with E-state index in [0.29, 0.717) is 0 Å². The van der Waals surface area contributed by atoms with Crippen LogP contribution in [0.4, 0.5) is 0 Å². The van der Waals surface area contributed by atoms with Crippen LogP contribution in [0.3, 0.4) is 0 Å². The Morgan fingerprint density at radius 3 is 2.28 bits per heavy atom. The Hall–Kier alpha value is -0.610. The molecule has 29 heavy (non-hydrogen) atoms. The average molecular weight is 500 g/mol. The molecule has 0 radical (unpaired) electrons. The SMILES string of the molecule is O=c1[nH]c(=S)ccn1[C@@H]1O[C@H](COP(=O)(O)OP(=O)(O)OP(=O)(O)O)[C@H](O)[C@@H]1O. The molecule has 1 saturated heterocycles. The molecule has 1 fully saturated rings. The summed E-state index contributed by atoms with van der Waals surface area (Å²) in [4.78, 5) is 49.4. The van der Waals surface area contributed by atoms with E-state index in [-0.39, 0.29) is 4.64 Å². The Balaban J connectivity index is 2.06. The summed E-state index contributed by atoms with van der Waals surface area (Å²) in [7, 11) is -16.7. The Bertz CT molecular complexity index is 1000. The van der Waals surface area contributed by atoms with Crippen molar-refractivity contribution in [2.24, 2.45) is 0 Å². The van der Waals surface area contributed by atoms with Crippen molar-refractivity contribution in [3.8, 4) is 0 Å². The van der Waals surface area contributed by atoms with E-state index in [0.717, 1.165) is 10.8 Å². The van der Waals surface area contributed by atoms with Crippen LogP contribution in [0.25, 0.3) is 0 Å². The molecule has 0 saturated carbocycles. The predicted octanol–water partition coefficient (Wildman–Crippen LogP) is -1.13. The number of phosphoric acid groups is 3. The zero-order valence-corrected chi connectivity index (χ0v) is 17.3. The summed E-state index contributed by atoms with van der Waals surface area (Å²) < 4.78 is 51.0. The third-order valence-electron chi connectivity index (χ3n) is 3.28. The molecule has 2 heterocycles. The van der Waals surface area contributed by atoms with Gasteiger partial charge >= 0.3 is 29.2 Å². The van der Waals surface area contributed by atoms with Gasteiger partial charge in [0.1, 0.15) is 23.0 Å². The van der Waals surface area contributed by atoms with E-state index in [2.05, 4.69) is 18.1 Å². The van der Waals surface area contributed by atoms with Crippen molar-refractivity contribution >= 4 is 35.7 Å². The first-order valence-corrected chi connectivity index (χ1v) is 12.1. The van der Waals surface area contributed by atoms with Crippen molar-refractivity contribution in [1.29, 1.82) is 0 Å². The van der Waals surface area contributed by atoms with Gasteiger partial charge in [-0.1, -0.05) is 12.2 Å². The summed E-state index contributed by atoms with van der Waals surface area (Å²) in [5.74, 6) is 0. The first-order valence-electron chi connectivity index (χ1n) is 7.22. The first-order chi connectivity index (χ1) is 13.1. The smallest absolute Gasteiger partial charge is 0.387 e. The highest BCUT2D eigenvalue weighted by molar-refractivity contribution is 7.71. The van der Waals surface area contributed by atoms with Crippen LogP contribution in [0.1, 0.15) is 6.23 Å². The molecule has 1 aromatic heterocycles. The van der Waals surface area contributed by atoms with Gasteiger partial charge in [0.25, 0.3) is 0 Å². The number of ether oxygens (including phenoxy) is 1. The summed E-state index contributed by atoms with van der Waals surface area (Å²) in [6.07, 6.45) is -5.23. The molecule has 16 nitrogen and oxygen atoms in total. The summed E-state index contributed by atoms with van der Waals surface area (Å²) in [5.41, 5.74) is -0.790. The molecule has 1 aliphatic heterocycles. The lowest BCUT2D eigenvalue weighted by Crippen LogP contribution is -2.36. The summed E-state index contributed by atoms with van der Waals surface area (Å²) >= 11 is 4.75. The Kier molecular flexibility index (Phi) is 7.54. The predicted molar refractivity (Wildman–Crippen MR) is 91.6 cm³/mol. The van der Waals surface area contributed by atoms with Gasteiger partial charge in [-0.2, -0.15) is 8.62 Å². The third-order valence-corrected chi connectivity index (χ3v) is 7.32. The van der Waals surface area contributed by atoms with Crippen LogP contribution in [-0.2, 0) is 31.6 Å². The minimum Gasteiger partial charge on any atom is -0.387 e. The van der Waals surface area contributed by atoms with Crippen LogP contribution in [0.2, 0.25) is 0 Å². The molecular weight excluding hydrogens is 485 g/mol. The fourth-order valence-electron chi connectivity index (χ4n) is 2.20. The number of hydrogen-bond acceptors (Lipinski definition) is 11.